The number of alkyl halides is 3. The quantitative estimate of drug-likeness (QED) is 0.798. The van der Waals surface area contributed by atoms with Crippen molar-refractivity contribution < 1.29 is 23.1 Å². The Morgan fingerprint density at radius 1 is 1.23 bits per heavy atom. The van der Waals surface area contributed by atoms with E-state index < -0.39 is 17.6 Å². The maximum Gasteiger partial charge on any atom is 0.416 e. The van der Waals surface area contributed by atoms with E-state index in [1.807, 2.05) is 0 Å². The van der Waals surface area contributed by atoms with Crippen molar-refractivity contribution in [2.45, 2.75) is 13.1 Å². The van der Waals surface area contributed by atoms with Crippen LogP contribution in [0.25, 0.3) is 0 Å². The highest BCUT2D eigenvalue weighted by atomic mass is 79.9. The third-order valence-electron chi connectivity index (χ3n) is 3.02. The van der Waals surface area contributed by atoms with Gasteiger partial charge in [0.2, 0.25) is 0 Å². The first-order chi connectivity index (χ1) is 10.2. The monoisotopic (exact) mass is 373 g/mol. The zero-order valence-corrected chi connectivity index (χ0v) is 12.9. The number of carbonyl (C=O) groups excluding carboxylic acids is 1. The van der Waals surface area contributed by atoms with Crippen molar-refractivity contribution >= 4 is 27.5 Å². The number of hydrogen-bond acceptors (Lipinski definition) is 2. The van der Waals surface area contributed by atoms with Gasteiger partial charge in [-0.15, -0.1) is 0 Å². The third-order valence-corrected chi connectivity index (χ3v) is 3.68. The normalized spacial score (nSPS) is 11.3. The average molecular weight is 374 g/mol. The molecule has 7 heteroatoms. The standard InChI is InChI=1S/C15H11BrF3NO2/c1-8-5-6-9(7-10(8)15(17,18)19)20-14(22)13-11(16)3-2-4-12(13)21/h2-7,21H,1H3,(H,20,22). The SMILES string of the molecule is Cc1ccc(NC(=O)c2c(O)cccc2Br)cc1C(F)(F)F. The summed E-state index contributed by atoms with van der Waals surface area (Å²) < 4.78 is 38.9. The van der Waals surface area contributed by atoms with Gasteiger partial charge in [-0.05, 0) is 52.7 Å². The molecule has 0 spiro atoms. The van der Waals surface area contributed by atoms with Gasteiger partial charge >= 0.3 is 6.18 Å². The number of benzene rings is 2. The number of hydrogen-bond donors (Lipinski definition) is 2. The van der Waals surface area contributed by atoms with Crippen LogP contribution in [0.3, 0.4) is 0 Å². The van der Waals surface area contributed by atoms with Crippen LogP contribution < -0.4 is 5.32 Å². The lowest BCUT2D eigenvalue weighted by Gasteiger charge is -2.13. The summed E-state index contributed by atoms with van der Waals surface area (Å²) >= 11 is 3.12. The van der Waals surface area contributed by atoms with E-state index in [9.17, 15) is 23.1 Å². The molecule has 2 N–H and O–H groups in total. The van der Waals surface area contributed by atoms with Gasteiger partial charge in [-0.3, -0.25) is 4.79 Å². The predicted octanol–water partition coefficient (Wildman–Crippen LogP) is 4.73. The van der Waals surface area contributed by atoms with Gasteiger partial charge in [-0.25, -0.2) is 0 Å². The summed E-state index contributed by atoms with van der Waals surface area (Å²) in [6, 6.07) is 7.90. The molecule has 2 aromatic carbocycles. The van der Waals surface area contributed by atoms with Crippen molar-refractivity contribution in [2.75, 3.05) is 5.32 Å². The van der Waals surface area contributed by atoms with E-state index >= 15 is 0 Å². The Labute approximate surface area is 132 Å². The Morgan fingerprint density at radius 2 is 1.91 bits per heavy atom. The second-order valence-corrected chi connectivity index (χ2v) is 5.47. The minimum atomic E-state index is -4.50. The van der Waals surface area contributed by atoms with Crippen LogP contribution in [0, 0.1) is 6.92 Å². The molecule has 116 valence electrons. The van der Waals surface area contributed by atoms with Crippen LogP contribution in [0.2, 0.25) is 0 Å². The van der Waals surface area contributed by atoms with E-state index in [1.165, 1.54) is 31.2 Å². The number of phenolic OH excluding ortho intramolecular Hbond substituents is 1. The van der Waals surface area contributed by atoms with Gasteiger partial charge in [0.1, 0.15) is 5.75 Å². The number of anilines is 1. The molecule has 2 rings (SSSR count). The zero-order chi connectivity index (χ0) is 16.5. The van der Waals surface area contributed by atoms with Crippen molar-refractivity contribution in [1.29, 1.82) is 0 Å². The molecule has 0 aliphatic carbocycles. The van der Waals surface area contributed by atoms with Gasteiger partial charge in [-0.2, -0.15) is 13.2 Å². The van der Waals surface area contributed by atoms with Gasteiger partial charge in [0.05, 0.1) is 11.1 Å². The molecule has 0 heterocycles. The second kappa shape index (κ2) is 6.00. The summed E-state index contributed by atoms with van der Waals surface area (Å²) in [5.41, 5.74) is -0.800. The summed E-state index contributed by atoms with van der Waals surface area (Å²) in [6.45, 7) is 1.34. The highest BCUT2D eigenvalue weighted by Gasteiger charge is 2.32. The molecule has 0 aromatic heterocycles. The van der Waals surface area contributed by atoms with Crippen molar-refractivity contribution in [1.82, 2.24) is 0 Å². The van der Waals surface area contributed by atoms with Gasteiger partial charge < -0.3 is 10.4 Å². The van der Waals surface area contributed by atoms with Gasteiger partial charge in [0, 0.05) is 10.2 Å². The van der Waals surface area contributed by atoms with Gasteiger partial charge in [0.15, 0.2) is 0 Å². The number of aryl methyl sites for hydroxylation is 1. The Hall–Kier alpha value is -2.02. The number of halogens is 4. The van der Waals surface area contributed by atoms with Crippen LogP contribution in [0.15, 0.2) is 40.9 Å². The molecule has 1 amide bonds. The lowest BCUT2D eigenvalue weighted by Crippen LogP contribution is -2.14. The maximum atomic E-state index is 12.9. The second-order valence-electron chi connectivity index (χ2n) is 4.62. The molecule has 0 saturated heterocycles. The highest BCUT2D eigenvalue weighted by molar-refractivity contribution is 9.10. The summed E-state index contributed by atoms with van der Waals surface area (Å²) in [5.74, 6) is -0.975. The molecular formula is C15H11BrF3NO2. The highest BCUT2D eigenvalue weighted by Crippen LogP contribution is 2.34. The minimum Gasteiger partial charge on any atom is -0.507 e. The fourth-order valence-corrected chi connectivity index (χ4v) is 2.47. The summed E-state index contributed by atoms with van der Waals surface area (Å²) in [6.07, 6.45) is -4.50. The summed E-state index contributed by atoms with van der Waals surface area (Å²) in [5, 5.41) is 12.0. The fourth-order valence-electron chi connectivity index (χ4n) is 1.94. The maximum absolute atomic E-state index is 12.9. The molecule has 0 aliphatic rings. The van der Waals surface area contributed by atoms with Gasteiger partial charge in [0.25, 0.3) is 5.91 Å². The first-order valence-electron chi connectivity index (χ1n) is 6.17. The molecule has 0 unspecified atom stereocenters. The van der Waals surface area contributed by atoms with Crippen LogP contribution in [0.5, 0.6) is 5.75 Å². The lowest BCUT2D eigenvalue weighted by molar-refractivity contribution is -0.138. The lowest BCUT2D eigenvalue weighted by atomic mass is 10.1. The number of rotatable bonds is 2. The predicted molar refractivity (Wildman–Crippen MR) is 79.9 cm³/mol. The first-order valence-corrected chi connectivity index (χ1v) is 6.96. The molecule has 0 fully saturated rings. The molecular weight excluding hydrogens is 363 g/mol. The van der Waals surface area contributed by atoms with Crippen LogP contribution in [0.1, 0.15) is 21.5 Å². The molecule has 0 radical (unpaired) electrons. The molecule has 0 saturated carbocycles. The number of amides is 1. The van der Waals surface area contributed by atoms with E-state index in [4.69, 9.17) is 0 Å². The van der Waals surface area contributed by atoms with Crippen LogP contribution in [0.4, 0.5) is 18.9 Å². The van der Waals surface area contributed by atoms with Crippen LogP contribution in [-0.4, -0.2) is 11.0 Å². The molecule has 2 aromatic rings. The first kappa shape index (κ1) is 16.4. The summed E-state index contributed by atoms with van der Waals surface area (Å²) in [7, 11) is 0. The van der Waals surface area contributed by atoms with Crippen molar-refractivity contribution in [2.24, 2.45) is 0 Å². The molecule has 0 aliphatic heterocycles. The number of phenols is 1. The van der Waals surface area contributed by atoms with E-state index in [-0.39, 0.29) is 22.6 Å². The Kier molecular flexibility index (Phi) is 4.46. The van der Waals surface area contributed by atoms with Crippen molar-refractivity contribution in [3.05, 3.63) is 57.6 Å². The molecule has 22 heavy (non-hydrogen) atoms. The minimum absolute atomic E-state index is 0.00178. The van der Waals surface area contributed by atoms with E-state index in [2.05, 4.69) is 21.2 Å². The molecule has 0 bridgehead atoms. The van der Waals surface area contributed by atoms with Crippen LogP contribution in [-0.2, 0) is 6.18 Å². The Bertz CT molecular complexity index is 709. The van der Waals surface area contributed by atoms with Gasteiger partial charge in [-0.1, -0.05) is 12.1 Å². The van der Waals surface area contributed by atoms with Crippen molar-refractivity contribution in [3.8, 4) is 5.75 Å². The fraction of sp³-hybridized carbons (Fsp3) is 0.133. The Balaban J connectivity index is 2.34. The number of aromatic hydroxyl groups is 1. The number of nitrogens with one attached hydrogen (secondary N) is 1. The zero-order valence-electron chi connectivity index (χ0n) is 11.3. The molecule has 0 atom stereocenters. The number of carbonyl (C=O) groups is 1. The summed E-state index contributed by atoms with van der Waals surface area (Å²) in [4.78, 5) is 12.1. The Morgan fingerprint density at radius 3 is 2.50 bits per heavy atom. The molecule has 3 nitrogen and oxygen atoms in total. The van der Waals surface area contributed by atoms with E-state index in [1.54, 1.807) is 6.07 Å². The third kappa shape index (κ3) is 3.41. The largest absolute Gasteiger partial charge is 0.507 e. The van der Waals surface area contributed by atoms with Crippen molar-refractivity contribution in [3.63, 3.8) is 0 Å². The smallest absolute Gasteiger partial charge is 0.416 e. The topological polar surface area (TPSA) is 49.3 Å². The van der Waals surface area contributed by atoms with E-state index in [0.717, 1.165) is 6.07 Å². The van der Waals surface area contributed by atoms with Crippen LogP contribution >= 0.6 is 15.9 Å². The van der Waals surface area contributed by atoms with E-state index in [0.29, 0.717) is 4.47 Å². The average Bonchev–Trinajstić information content (AvgIpc) is 2.39.